The molecular formula is C23H37IN4O2. The lowest BCUT2D eigenvalue weighted by molar-refractivity contribution is -0.127. The summed E-state index contributed by atoms with van der Waals surface area (Å²) >= 11 is 0. The fourth-order valence-electron chi connectivity index (χ4n) is 4.24. The Balaban J connectivity index is 0.00000320. The third-order valence-corrected chi connectivity index (χ3v) is 6.44. The molecule has 168 valence electrons. The van der Waals surface area contributed by atoms with Gasteiger partial charge in [0.1, 0.15) is 6.54 Å². The minimum atomic E-state index is 0. The van der Waals surface area contributed by atoms with Crippen molar-refractivity contribution in [3.63, 3.8) is 0 Å². The Bertz CT molecular complexity index is 719. The molecule has 3 rings (SSSR count). The molecule has 0 saturated heterocycles. The third-order valence-electron chi connectivity index (χ3n) is 6.44. The molecule has 0 radical (unpaired) electrons. The second kappa shape index (κ2) is 11.9. The summed E-state index contributed by atoms with van der Waals surface area (Å²) in [6, 6.07) is 9.01. The molecule has 30 heavy (non-hydrogen) atoms. The first-order valence-electron chi connectivity index (χ1n) is 10.8. The van der Waals surface area contributed by atoms with Crippen LogP contribution >= 0.6 is 24.0 Å². The first kappa shape index (κ1) is 24.9. The molecule has 0 aliphatic heterocycles. The number of rotatable bonds is 8. The number of likely N-dealkylation sites (N-methyl/N-ethyl adjacent to an activating group) is 1. The van der Waals surface area contributed by atoms with E-state index in [0.29, 0.717) is 11.5 Å². The molecule has 1 unspecified atom stereocenters. The summed E-state index contributed by atoms with van der Waals surface area (Å²) in [4.78, 5) is 18.3. The number of hydrogen-bond acceptors (Lipinski definition) is 3. The Kier molecular flexibility index (Phi) is 9.87. The fourth-order valence-corrected chi connectivity index (χ4v) is 4.24. The van der Waals surface area contributed by atoms with E-state index in [1.54, 1.807) is 26.1 Å². The molecule has 0 spiro atoms. The predicted molar refractivity (Wildman–Crippen MR) is 133 cm³/mol. The van der Waals surface area contributed by atoms with E-state index in [1.165, 1.54) is 30.4 Å². The Morgan fingerprint density at radius 2 is 2.00 bits per heavy atom. The van der Waals surface area contributed by atoms with Crippen LogP contribution in [0.15, 0.2) is 29.3 Å². The van der Waals surface area contributed by atoms with Crippen molar-refractivity contribution in [1.29, 1.82) is 0 Å². The lowest BCUT2D eigenvalue weighted by atomic mass is 9.67. The van der Waals surface area contributed by atoms with Crippen LogP contribution in [0.4, 0.5) is 0 Å². The molecule has 2 aliphatic rings. The van der Waals surface area contributed by atoms with Crippen molar-refractivity contribution >= 4 is 35.8 Å². The van der Waals surface area contributed by atoms with Gasteiger partial charge in [-0.15, -0.1) is 24.0 Å². The minimum absolute atomic E-state index is 0. The van der Waals surface area contributed by atoms with Crippen molar-refractivity contribution in [2.24, 2.45) is 10.4 Å². The number of ether oxygens (including phenoxy) is 1. The summed E-state index contributed by atoms with van der Waals surface area (Å²) in [5, 5.41) is 7.15. The van der Waals surface area contributed by atoms with Crippen molar-refractivity contribution in [3.05, 3.63) is 35.4 Å². The molecule has 0 aromatic heterocycles. The van der Waals surface area contributed by atoms with E-state index in [9.17, 15) is 4.79 Å². The van der Waals surface area contributed by atoms with Crippen LogP contribution in [0.2, 0.25) is 0 Å². The Hall–Kier alpha value is -1.35. The average molecular weight is 528 g/mol. The van der Waals surface area contributed by atoms with Crippen LogP contribution in [0.25, 0.3) is 0 Å². The van der Waals surface area contributed by atoms with Crippen LogP contribution in [0.1, 0.15) is 43.2 Å². The molecule has 1 amide bonds. The van der Waals surface area contributed by atoms with Gasteiger partial charge in [-0.1, -0.05) is 30.7 Å². The summed E-state index contributed by atoms with van der Waals surface area (Å²) in [6.45, 7) is 1.83. The van der Waals surface area contributed by atoms with Gasteiger partial charge in [0, 0.05) is 40.4 Å². The van der Waals surface area contributed by atoms with E-state index < -0.39 is 0 Å². The second-order valence-corrected chi connectivity index (χ2v) is 8.76. The van der Waals surface area contributed by atoms with Crippen molar-refractivity contribution in [2.45, 2.75) is 51.0 Å². The van der Waals surface area contributed by atoms with Gasteiger partial charge in [-0.2, -0.15) is 0 Å². The number of carbonyl (C=O) groups excluding carboxylic acids is 1. The molecule has 7 heteroatoms. The summed E-state index contributed by atoms with van der Waals surface area (Å²) in [7, 11) is 5.30. The zero-order chi connectivity index (χ0) is 20.7. The Morgan fingerprint density at radius 3 is 2.63 bits per heavy atom. The molecular weight excluding hydrogens is 491 g/mol. The lowest BCUT2D eigenvalue weighted by Crippen LogP contribution is -2.50. The predicted octanol–water partition coefficient (Wildman–Crippen LogP) is 2.99. The lowest BCUT2D eigenvalue weighted by Gasteiger charge is -2.42. The van der Waals surface area contributed by atoms with Crippen LogP contribution in [0, 0.1) is 5.41 Å². The number of amides is 1. The van der Waals surface area contributed by atoms with Gasteiger partial charge in [0.25, 0.3) is 0 Å². The quantitative estimate of drug-likeness (QED) is 0.310. The van der Waals surface area contributed by atoms with E-state index in [-0.39, 0.29) is 36.4 Å². The third kappa shape index (κ3) is 6.83. The Labute approximate surface area is 198 Å². The SMILES string of the molecule is COCCC1(CNC(=NCC(=O)N(C)C)NC2CCc3ccccc3C2)CCC1.I. The maximum absolute atomic E-state index is 12.1. The van der Waals surface area contributed by atoms with Crippen molar-refractivity contribution in [1.82, 2.24) is 15.5 Å². The molecule has 1 saturated carbocycles. The zero-order valence-corrected chi connectivity index (χ0v) is 20.9. The summed E-state index contributed by atoms with van der Waals surface area (Å²) in [6.07, 6.45) is 7.95. The molecule has 1 aromatic carbocycles. The van der Waals surface area contributed by atoms with Gasteiger partial charge >= 0.3 is 0 Å². The highest BCUT2D eigenvalue weighted by Gasteiger charge is 2.36. The number of carbonyl (C=O) groups is 1. The average Bonchev–Trinajstić information content (AvgIpc) is 2.70. The van der Waals surface area contributed by atoms with E-state index in [2.05, 4.69) is 39.9 Å². The number of nitrogens with one attached hydrogen (secondary N) is 2. The van der Waals surface area contributed by atoms with Crippen molar-refractivity contribution in [3.8, 4) is 0 Å². The molecule has 0 bridgehead atoms. The van der Waals surface area contributed by atoms with E-state index in [1.807, 2.05) is 0 Å². The maximum Gasteiger partial charge on any atom is 0.243 e. The highest BCUT2D eigenvalue weighted by molar-refractivity contribution is 14.0. The first-order valence-corrected chi connectivity index (χ1v) is 10.8. The normalized spacial score (nSPS) is 19.7. The van der Waals surface area contributed by atoms with Gasteiger partial charge in [0.05, 0.1) is 0 Å². The maximum atomic E-state index is 12.1. The van der Waals surface area contributed by atoms with E-state index >= 15 is 0 Å². The molecule has 1 aromatic rings. The number of guanidine groups is 1. The van der Waals surface area contributed by atoms with E-state index in [0.717, 1.165) is 44.8 Å². The molecule has 0 heterocycles. The number of aliphatic imine (C=N–C) groups is 1. The Morgan fingerprint density at radius 1 is 1.27 bits per heavy atom. The fraction of sp³-hybridized carbons (Fsp3) is 0.652. The number of fused-ring (bicyclic) bond motifs is 1. The van der Waals surface area contributed by atoms with Crippen LogP contribution in [-0.4, -0.2) is 63.7 Å². The summed E-state index contributed by atoms with van der Waals surface area (Å²) in [5.74, 6) is 0.770. The molecule has 6 nitrogen and oxygen atoms in total. The number of benzene rings is 1. The number of halogens is 1. The van der Waals surface area contributed by atoms with Gasteiger partial charge in [0.2, 0.25) is 5.91 Å². The highest BCUT2D eigenvalue weighted by Crippen LogP contribution is 2.43. The highest BCUT2D eigenvalue weighted by atomic mass is 127. The molecule has 1 atom stereocenters. The van der Waals surface area contributed by atoms with Gasteiger partial charge < -0.3 is 20.3 Å². The van der Waals surface area contributed by atoms with Gasteiger partial charge in [-0.25, -0.2) is 4.99 Å². The number of methoxy groups -OCH3 is 1. The first-order chi connectivity index (χ1) is 14.0. The van der Waals surface area contributed by atoms with Crippen molar-refractivity contribution in [2.75, 3.05) is 40.9 Å². The van der Waals surface area contributed by atoms with E-state index in [4.69, 9.17) is 4.74 Å². The van der Waals surface area contributed by atoms with Gasteiger partial charge in [-0.3, -0.25) is 4.79 Å². The second-order valence-electron chi connectivity index (χ2n) is 8.76. The standard InChI is InChI=1S/C23H36N4O2.HI/c1-27(2)21(28)16-24-22(25-17-23(11-6-12-23)13-14-29-3)26-20-10-9-18-7-4-5-8-19(18)15-20;/h4-5,7-8,20H,6,9-17H2,1-3H3,(H2,24,25,26);1H. The number of hydrogen-bond donors (Lipinski definition) is 2. The monoisotopic (exact) mass is 528 g/mol. The smallest absolute Gasteiger partial charge is 0.243 e. The number of nitrogens with zero attached hydrogens (tertiary/aromatic N) is 2. The molecule has 1 fully saturated rings. The molecule has 2 N–H and O–H groups in total. The largest absolute Gasteiger partial charge is 0.385 e. The molecule has 2 aliphatic carbocycles. The van der Waals surface area contributed by atoms with Crippen LogP contribution in [-0.2, 0) is 22.4 Å². The number of aryl methyl sites for hydroxylation is 1. The summed E-state index contributed by atoms with van der Waals surface area (Å²) < 4.78 is 5.32. The summed E-state index contributed by atoms with van der Waals surface area (Å²) in [5.41, 5.74) is 3.16. The minimum Gasteiger partial charge on any atom is -0.385 e. The van der Waals surface area contributed by atoms with Crippen LogP contribution in [0.3, 0.4) is 0 Å². The van der Waals surface area contributed by atoms with Gasteiger partial charge in [-0.05, 0) is 55.1 Å². The zero-order valence-electron chi connectivity index (χ0n) is 18.6. The van der Waals surface area contributed by atoms with Crippen LogP contribution < -0.4 is 10.6 Å². The van der Waals surface area contributed by atoms with Crippen molar-refractivity contribution < 1.29 is 9.53 Å². The van der Waals surface area contributed by atoms with Gasteiger partial charge in [0.15, 0.2) is 5.96 Å². The van der Waals surface area contributed by atoms with Crippen LogP contribution in [0.5, 0.6) is 0 Å². The topological polar surface area (TPSA) is 66.0 Å².